The number of fused-ring (bicyclic) bond motifs is 2. The van der Waals surface area contributed by atoms with Crippen LogP contribution in [0.5, 0.6) is 11.5 Å². The van der Waals surface area contributed by atoms with E-state index in [1.165, 1.54) is 29.7 Å². The van der Waals surface area contributed by atoms with Crippen molar-refractivity contribution in [3.05, 3.63) is 61.5 Å². The van der Waals surface area contributed by atoms with Gasteiger partial charge in [-0.3, -0.25) is 14.9 Å². The molecule has 0 unspecified atom stereocenters. The molecule has 0 fully saturated rings. The first kappa shape index (κ1) is 18.2. The highest BCUT2D eigenvalue weighted by atomic mass is 35.5. The number of nitro benzene ring substituents is 1. The van der Waals surface area contributed by atoms with E-state index in [9.17, 15) is 14.9 Å². The Morgan fingerprint density at radius 3 is 2.82 bits per heavy atom. The van der Waals surface area contributed by atoms with Crippen molar-refractivity contribution in [1.29, 1.82) is 0 Å². The lowest BCUT2D eigenvalue weighted by atomic mass is 10.1. The van der Waals surface area contributed by atoms with E-state index in [4.69, 9.17) is 21.1 Å². The fraction of sp³-hybridized carbons (Fsp3) is 0.111. The van der Waals surface area contributed by atoms with Crippen LogP contribution in [0.25, 0.3) is 10.1 Å². The topological polar surface area (TPSA) is 103 Å². The molecule has 10 heteroatoms. The van der Waals surface area contributed by atoms with Crippen LogP contribution < -0.4 is 14.9 Å². The van der Waals surface area contributed by atoms with E-state index in [2.05, 4.69) is 10.5 Å². The first-order valence-corrected chi connectivity index (χ1v) is 9.23. The van der Waals surface area contributed by atoms with Crippen molar-refractivity contribution in [3.8, 4) is 11.5 Å². The van der Waals surface area contributed by atoms with Gasteiger partial charge in [0.25, 0.3) is 11.6 Å². The van der Waals surface area contributed by atoms with Crippen molar-refractivity contribution in [3.63, 3.8) is 0 Å². The molecule has 1 amide bonds. The Balaban J connectivity index is 1.58. The van der Waals surface area contributed by atoms with Crippen LogP contribution >= 0.6 is 22.9 Å². The summed E-state index contributed by atoms with van der Waals surface area (Å²) in [6.07, 6.45) is 1.18. The minimum atomic E-state index is -0.559. The maximum atomic E-state index is 12.4. The number of hydrazone groups is 1. The number of aryl methyl sites for hydroxylation is 1. The third-order valence-corrected chi connectivity index (χ3v) is 5.74. The van der Waals surface area contributed by atoms with Crippen LogP contribution in [0.3, 0.4) is 0 Å². The number of nitrogens with one attached hydrogen (secondary N) is 1. The molecule has 142 valence electrons. The molecule has 0 radical (unpaired) electrons. The second-order valence-corrected chi connectivity index (χ2v) is 7.40. The number of hydrogen-bond acceptors (Lipinski definition) is 7. The van der Waals surface area contributed by atoms with Crippen molar-refractivity contribution in [2.45, 2.75) is 6.92 Å². The van der Waals surface area contributed by atoms with E-state index in [0.29, 0.717) is 21.4 Å². The monoisotopic (exact) mass is 417 g/mol. The second kappa shape index (κ2) is 7.10. The molecule has 1 aliphatic rings. The first-order chi connectivity index (χ1) is 13.4. The molecule has 28 heavy (non-hydrogen) atoms. The summed E-state index contributed by atoms with van der Waals surface area (Å²) in [6.45, 7) is 1.95. The van der Waals surface area contributed by atoms with Crippen molar-refractivity contribution >= 4 is 50.8 Å². The molecule has 0 saturated carbocycles. The molecular formula is C18H12ClN3O5S. The van der Waals surface area contributed by atoms with Gasteiger partial charge in [-0.25, -0.2) is 5.43 Å². The SMILES string of the molecule is Cc1ccc2c(Cl)c(C(=O)NN=Cc3cc4c(cc3[N+](=O)[O-])OCO4)sc2c1. The molecule has 0 spiro atoms. The number of carbonyl (C=O) groups excluding carboxylic acids is 1. The van der Waals surface area contributed by atoms with E-state index in [1.807, 2.05) is 25.1 Å². The van der Waals surface area contributed by atoms with Crippen LogP contribution in [0.1, 0.15) is 20.8 Å². The summed E-state index contributed by atoms with van der Waals surface area (Å²) in [5, 5.41) is 16.2. The Kier molecular flexibility index (Phi) is 4.62. The van der Waals surface area contributed by atoms with Crippen LogP contribution in [0.4, 0.5) is 5.69 Å². The van der Waals surface area contributed by atoms with Crippen molar-refractivity contribution in [1.82, 2.24) is 5.43 Å². The van der Waals surface area contributed by atoms with Crippen LogP contribution in [0.15, 0.2) is 35.4 Å². The Labute approximate surface area is 167 Å². The molecule has 0 aliphatic carbocycles. The van der Waals surface area contributed by atoms with Gasteiger partial charge in [-0.15, -0.1) is 11.3 Å². The first-order valence-electron chi connectivity index (χ1n) is 8.04. The smallest absolute Gasteiger partial charge is 0.283 e. The molecule has 8 nitrogen and oxygen atoms in total. The van der Waals surface area contributed by atoms with E-state index >= 15 is 0 Å². The van der Waals surface area contributed by atoms with Gasteiger partial charge in [0.1, 0.15) is 4.88 Å². The van der Waals surface area contributed by atoms with Crippen molar-refractivity contribution in [2.24, 2.45) is 5.10 Å². The summed E-state index contributed by atoms with van der Waals surface area (Å²) in [5.74, 6) is 0.171. The summed E-state index contributed by atoms with van der Waals surface area (Å²) in [4.78, 5) is 23.5. The number of halogens is 1. The standard InChI is InChI=1S/C18H12ClN3O5S/c1-9-2-3-11-15(4-9)28-17(16(11)19)18(23)21-20-7-10-5-13-14(27-8-26-13)6-12(10)22(24)25/h2-7H,8H2,1H3,(H,21,23). The number of hydrogen-bond donors (Lipinski definition) is 1. The highest BCUT2D eigenvalue weighted by Gasteiger charge is 2.23. The molecule has 0 bridgehead atoms. The fourth-order valence-corrected chi connectivity index (χ4v) is 4.24. The van der Waals surface area contributed by atoms with Gasteiger partial charge >= 0.3 is 0 Å². The lowest BCUT2D eigenvalue weighted by molar-refractivity contribution is -0.385. The summed E-state index contributed by atoms with van der Waals surface area (Å²) in [6, 6.07) is 8.42. The third kappa shape index (κ3) is 3.25. The van der Waals surface area contributed by atoms with Gasteiger partial charge in [-0.1, -0.05) is 23.7 Å². The van der Waals surface area contributed by atoms with Crippen LogP contribution in [-0.2, 0) is 0 Å². The van der Waals surface area contributed by atoms with Crippen LogP contribution in [-0.4, -0.2) is 23.8 Å². The molecule has 0 atom stereocenters. The Bertz CT molecular complexity index is 1160. The van der Waals surface area contributed by atoms with Gasteiger partial charge in [-0.05, 0) is 24.6 Å². The van der Waals surface area contributed by atoms with Gasteiger partial charge in [-0.2, -0.15) is 5.10 Å². The number of nitro groups is 1. The van der Waals surface area contributed by atoms with Gasteiger partial charge < -0.3 is 9.47 Å². The summed E-state index contributed by atoms with van der Waals surface area (Å²) in [5.41, 5.74) is 3.38. The molecule has 2 heterocycles. The average Bonchev–Trinajstić information content (AvgIpc) is 3.24. The summed E-state index contributed by atoms with van der Waals surface area (Å²) in [7, 11) is 0. The summed E-state index contributed by atoms with van der Waals surface area (Å²) < 4.78 is 11.3. The highest BCUT2D eigenvalue weighted by molar-refractivity contribution is 7.21. The van der Waals surface area contributed by atoms with Crippen molar-refractivity contribution in [2.75, 3.05) is 6.79 Å². The second-order valence-electron chi connectivity index (χ2n) is 5.97. The third-order valence-electron chi connectivity index (χ3n) is 4.08. The minimum Gasteiger partial charge on any atom is -0.454 e. The number of ether oxygens (including phenoxy) is 2. The Hall–Kier alpha value is -3.17. The van der Waals surface area contributed by atoms with E-state index in [1.54, 1.807) is 0 Å². The molecular weight excluding hydrogens is 406 g/mol. The molecule has 1 aromatic heterocycles. The lowest BCUT2D eigenvalue weighted by Gasteiger charge is -2.01. The number of rotatable bonds is 4. The van der Waals surface area contributed by atoms with Gasteiger partial charge in [0, 0.05) is 10.1 Å². The molecule has 4 rings (SSSR count). The number of thiophene rings is 1. The zero-order chi connectivity index (χ0) is 19.8. The maximum absolute atomic E-state index is 12.4. The van der Waals surface area contributed by atoms with Gasteiger partial charge in [0.15, 0.2) is 11.5 Å². The molecule has 0 saturated heterocycles. The average molecular weight is 418 g/mol. The maximum Gasteiger partial charge on any atom is 0.283 e. The summed E-state index contributed by atoms with van der Waals surface area (Å²) >= 11 is 7.56. The largest absolute Gasteiger partial charge is 0.454 e. The predicted octanol–water partition coefficient (Wildman–Crippen LogP) is 4.26. The number of amides is 1. The quantitative estimate of drug-likeness (QED) is 0.388. The Morgan fingerprint density at radius 1 is 1.32 bits per heavy atom. The number of benzene rings is 2. The zero-order valence-electron chi connectivity index (χ0n) is 14.4. The van der Waals surface area contributed by atoms with Gasteiger partial charge in [0.2, 0.25) is 6.79 Å². The predicted molar refractivity (Wildman–Crippen MR) is 106 cm³/mol. The zero-order valence-corrected chi connectivity index (χ0v) is 16.0. The Morgan fingerprint density at radius 2 is 2.07 bits per heavy atom. The lowest BCUT2D eigenvalue weighted by Crippen LogP contribution is -2.16. The van der Waals surface area contributed by atoms with Crippen LogP contribution in [0.2, 0.25) is 5.02 Å². The molecule has 1 N–H and O–H groups in total. The van der Waals surface area contributed by atoms with Crippen molar-refractivity contribution < 1.29 is 19.2 Å². The number of nitrogens with zero attached hydrogens (tertiary/aromatic N) is 2. The van der Waals surface area contributed by atoms with E-state index in [0.717, 1.165) is 15.6 Å². The van der Waals surface area contributed by atoms with Gasteiger partial charge in [0.05, 0.1) is 27.8 Å². The molecule has 3 aromatic rings. The molecule has 1 aliphatic heterocycles. The highest BCUT2D eigenvalue weighted by Crippen LogP contribution is 2.37. The van der Waals surface area contributed by atoms with E-state index < -0.39 is 10.8 Å². The van der Waals surface area contributed by atoms with Crippen LogP contribution in [0, 0.1) is 17.0 Å². The normalized spacial score (nSPS) is 12.6. The molecule has 2 aromatic carbocycles. The van der Waals surface area contributed by atoms with E-state index in [-0.39, 0.29) is 18.0 Å². The number of carbonyl (C=O) groups is 1. The fourth-order valence-electron chi connectivity index (χ4n) is 2.74. The minimum absolute atomic E-state index is 0.00622.